The monoisotopic (exact) mass is 713 g/mol. The number of benzene rings is 7. The van der Waals surface area contributed by atoms with Gasteiger partial charge >= 0.3 is 0 Å². The molecule has 7 aromatic carbocycles. The van der Waals surface area contributed by atoms with Crippen LogP contribution in [-0.2, 0) is 5.41 Å². The summed E-state index contributed by atoms with van der Waals surface area (Å²) >= 11 is 0. The smallest absolute Gasteiger partial charge is 0.160 e. The van der Waals surface area contributed by atoms with Crippen molar-refractivity contribution in [2.75, 3.05) is 0 Å². The molecule has 1 spiro atoms. The second-order valence-corrected chi connectivity index (χ2v) is 15.2. The summed E-state index contributed by atoms with van der Waals surface area (Å²) in [4.78, 5) is 11.0. The van der Waals surface area contributed by atoms with Crippen molar-refractivity contribution in [2.45, 2.75) is 17.8 Å². The van der Waals surface area contributed by atoms with Gasteiger partial charge in [0.25, 0.3) is 0 Å². The summed E-state index contributed by atoms with van der Waals surface area (Å²) in [5, 5.41) is 2.58. The highest BCUT2D eigenvalue weighted by Gasteiger charge is 2.54. The second-order valence-electron chi connectivity index (χ2n) is 15.2. The van der Waals surface area contributed by atoms with E-state index >= 15 is 0 Å². The summed E-state index contributed by atoms with van der Waals surface area (Å²) in [7, 11) is 0. The Hall–Kier alpha value is -7.10. The molecule has 3 aliphatic carbocycles. The van der Waals surface area contributed by atoms with Gasteiger partial charge in [-0.1, -0.05) is 176 Å². The maximum absolute atomic E-state index is 5.53. The fraction of sp³-hybridized carbons (Fsp3) is 0.0566. The van der Waals surface area contributed by atoms with Gasteiger partial charge in [0.05, 0.1) is 27.8 Å². The first-order chi connectivity index (χ1) is 27.8. The Morgan fingerprint density at radius 3 is 1.64 bits per heavy atom. The standard InChI is InChI=1S/C53H35N3/c1-2-14-36(15-3-1)50-49-51(43-20-6-11-23-46(43)53(49)44-21-9-4-16-39(44)40-17-5-10-22-45(40)53)55-52(54-50)37-28-26-34(27-29-37)35-30-32-38(33-31-35)56-47-24-12-7-18-41(47)42-19-8-13-25-48(42)56/h1-30,32-33,35H,31H2. The van der Waals surface area contributed by atoms with E-state index in [1.54, 1.807) is 0 Å². The third-order valence-electron chi connectivity index (χ3n) is 12.4. The number of para-hydroxylation sites is 2. The van der Waals surface area contributed by atoms with Crippen LogP contribution in [0.3, 0.4) is 0 Å². The lowest BCUT2D eigenvalue weighted by atomic mass is 9.69. The molecule has 3 aliphatic rings. The average molecular weight is 714 g/mol. The molecule has 12 rings (SSSR count). The van der Waals surface area contributed by atoms with Gasteiger partial charge in [-0.25, -0.2) is 9.97 Å². The molecule has 0 saturated carbocycles. The zero-order chi connectivity index (χ0) is 36.8. The third-order valence-corrected chi connectivity index (χ3v) is 12.4. The van der Waals surface area contributed by atoms with Gasteiger partial charge in [-0.2, -0.15) is 0 Å². The number of rotatable bonds is 4. The molecule has 262 valence electrons. The lowest BCUT2D eigenvalue weighted by Crippen LogP contribution is -2.27. The maximum Gasteiger partial charge on any atom is 0.160 e. The minimum Gasteiger partial charge on any atom is -0.310 e. The number of allylic oxidation sites excluding steroid dienone is 4. The number of aromatic nitrogens is 3. The summed E-state index contributed by atoms with van der Waals surface area (Å²) < 4.78 is 2.40. The Balaban J connectivity index is 0.965. The van der Waals surface area contributed by atoms with Crippen LogP contribution in [0.2, 0.25) is 0 Å². The minimum atomic E-state index is -0.522. The fourth-order valence-corrected chi connectivity index (χ4v) is 9.99. The van der Waals surface area contributed by atoms with E-state index in [9.17, 15) is 0 Å². The lowest BCUT2D eigenvalue weighted by Gasteiger charge is -2.31. The Labute approximate surface area is 325 Å². The summed E-state index contributed by atoms with van der Waals surface area (Å²) in [6.07, 6.45) is 7.98. The predicted octanol–water partition coefficient (Wildman–Crippen LogP) is 12.8. The van der Waals surface area contributed by atoms with Crippen LogP contribution >= 0.6 is 0 Å². The summed E-state index contributed by atoms with van der Waals surface area (Å²) in [5.41, 5.74) is 17.3. The van der Waals surface area contributed by atoms with E-state index in [2.05, 4.69) is 199 Å². The van der Waals surface area contributed by atoms with Gasteiger partial charge in [0.2, 0.25) is 0 Å². The Morgan fingerprint density at radius 2 is 1.02 bits per heavy atom. The van der Waals surface area contributed by atoms with Crippen LogP contribution in [0.4, 0.5) is 0 Å². The number of hydrogen-bond donors (Lipinski definition) is 0. The second kappa shape index (κ2) is 11.9. The predicted molar refractivity (Wildman–Crippen MR) is 229 cm³/mol. The molecule has 0 bridgehead atoms. The van der Waals surface area contributed by atoms with Crippen molar-refractivity contribution in [1.82, 2.24) is 14.5 Å². The van der Waals surface area contributed by atoms with E-state index in [0.717, 1.165) is 34.8 Å². The first-order valence-corrected chi connectivity index (χ1v) is 19.5. The molecule has 0 saturated heterocycles. The topological polar surface area (TPSA) is 30.7 Å². The quantitative estimate of drug-likeness (QED) is 0.182. The third kappa shape index (κ3) is 4.28. The molecule has 1 atom stereocenters. The molecule has 1 unspecified atom stereocenters. The molecule has 2 aromatic heterocycles. The molecule has 0 radical (unpaired) electrons. The zero-order valence-corrected chi connectivity index (χ0v) is 30.6. The van der Waals surface area contributed by atoms with Crippen LogP contribution in [0.15, 0.2) is 194 Å². The van der Waals surface area contributed by atoms with Crippen molar-refractivity contribution in [3.8, 4) is 45.0 Å². The Bertz CT molecular complexity index is 3010. The fourth-order valence-electron chi connectivity index (χ4n) is 9.99. The molecule has 3 nitrogen and oxygen atoms in total. The highest BCUT2D eigenvalue weighted by molar-refractivity contribution is 6.10. The molecule has 2 heterocycles. The molecule has 0 amide bonds. The van der Waals surface area contributed by atoms with Crippen molar-refractivity contribution >= 4 is 27.5 Å². The van der Waals surface area contributed by atoms with Crippen molar-refractivity contribution in [2.24, 2.45) is 0 Å². The van der Waals surface area contributed by atoms with Crippen LogP contribution < -0.4 is 0 Å². The Kier molecular flexibility index (Phi) is 6.67. The average Bonchev–Trinajstić information content (AvgIpc) is 3.89. The van der Waals surface area contributed by atoms with Gasteiger partial charge in [-0.3, -0.25) is 0 Å². The van der Waals surface area contributed by atoms with Crippen LogP contribution in [-0.4, -0.2) is 14.5 Å². The van der Waals surface area contributed by atoms with Crippen molar-refractivity contribution in [3.63, 3.8) is 0 Å². The SMILES string of the molecule is C1=CC(c2ccc(-c3nc(-c4ccccc4)c4c(n3)-c3ccccc3C43c4ccccc4-c4ccccc43)cc2)CC=C1n1c2ccccc2c2ccccc21. The molecule has 0 N–H and O–H groups in total. The molecule has 0 fully saturated rings. The van der Waals surface area contributed by atoms with Gasteiger partial charge in [-0.15, -0.1) is 0 Å². The van der Waals surface area contributed by atoms with E-state index in [1.807, 2.05) is 0 Å². The van der Waals surface area contributed by atoms with Gasteiger partial charge in [0, 0.05) is 44.6 Å². The molecule has 0 aliphatic heterocycles. The maximum atomic E-state index is 5.53. The first kappa shape index (κ1) is 31.3. The van der Waals surface area contributed by atoms with E-state index in [0.29, 0.717) is 0 Å². The van der Waals surface area contributed by atoms with Gasteiger partial charge in [-0.05, 0) is 58.0 Å². The van der Waals surface area contributed by atoms with E-state index in [-0.39, 0.29) is 5.92 Å². The normalized spacial score (nSPS) is 15.8. The first-order valence-electron chi connectivity index (χ1n) is 19.5. The van der Waals surface area contributed by atoms with Crippen LogP contribution in [0.5, 0.6) is 0 Å². The molecular formula is C53H35N3. The number of hydrogen-bond acceptors (Lipinski definition) is 2. The summed E-state index contributed by atoms with van der Waals surface area (Å²) in [5.74, 6) is 1.03. The highest BCUT2D eigenvalue weighted by atomic mass is 15.0. The summed E-state index contributed by atoms with van der Waals surface area (Å²) in [6.45, 7) is 0. The Morgan fingerprint density at radius 1 is 0.482 bits per heavy atom. The van der Waals surface area contributed by atoms with E-state index < -0.39 is 5.41 Å². The number of fused-ring (bicyclic) bond motifs is 13. The van der Waals surface area contributed by atoms with E-state index in [4.69, 9.17) is 9.97 Å². The summed E-state index contributed by atoms with van der Waals surface area (Å²) in [6, 6.07) is 63.7. The van der Waals surface area contributed by atoms with Gasteiger partial charge in [0.1, 0.15) is 0 Å². The van der Waals surface area contributed by atoms with Crippen LogP contribution in [0, 0.1) is 0 Å². The molecular weight excluding hydrogens is 679 g/mol. The van der Waals surface area contributed by atoms with Gasteiger partial charge in [0.15, 0.2) is 5.82 Å². The lowest BCUT2D eigenvalue weighted by molar-refractivity contribution is 0.788. The minimum absolute atomic E-state index is 0.288. The highest BCUT2D eigenvalue weighted by Crippen LogP contribution is 2.64. The van der Waals surface area contributed by atoms with Gasteiger partial charge < -0.3 is 4.57 Å². The molecule has 3 heteroatoms. The van der Waals surface area contributed by atoms with E-state index in [1.165, 1.54) is 72.0 Å². The number of nitrogens with zero attached hydrogens (tertiary/aromatic N) is 3. The van der Waals surface area contributed by atoms with Crippen LogP contribution in [0.1, 0.15) is 40.2 Å². The largest absolute Gasteiger partial charge is 0.310 e. The molecule has 9 aromatic rings. The van der Waals surface area contributed by atoms with Crippen LogP contribution in [0.25, 0.3) is 72.5 Å². The zero-order valence-electron chi connectivity index (χ0n) is 30.6. The van der Waals surface area contributed by atoms with Crippen molar-refractivity contribution in [1.29, 1.82) is 0 Å². The molecule has 56 heavy (non-hydrogen) atoms. The van der Waals surface area contributed by atoms with Crippen molar-refractivity contribution < 1.29 is 0 Å². The van der Waals surface area contributed by atoms with Crippen molar-refractivity contribution in [3.05, 3.63) is 222 Å².